The molecule has 1 fully saturated rings. The normalized spacial score (nSPS) is 16.9. The standard InChI is InChI=1S/C12H18BrN3O2/c1-17-11-2-6-14-12(15-11)16-7-3-10(4-8-16)18-9-5-13/h2,6,10H,3-5,7-9H2,1H3. The molecule has 2 heterocycles. The Hall–Kier alpha value is -0.880. The van der Waals surface area contributed by atoms with Gasteiger partial charge in [0.05, 0.1) is 19.8 Å². The molecule has 0 bridgehead atoms. The van der Waals surface area contributed by atoms with E-state index in [0.717, 1.165) is 43.8 Å². The lowest BCUT2D eigenvalue weighted by atomic mass is 10.1. The van der Waals surface area contributed by atoms with Gasteiger partial charge in [0.25, 0.3) is 0 Å². The third-order valence-electron chi connectivity index (χ3n) is 2.98. The number of hydrogen-bond acceptors (Lipinski definition) is 5. The highest BCUT2D eigenvalue weighted by Gasteiger charge is 2.21. The number of nitrogens with zero attached hydrogens (tertiary/aromatic N) is 3. The number of ether oxygens (including phenoxy) is 2. The largest absolute Gasteiger partial charge is 0.481 e. The highest BCUT2D eigenvalue weighted by atomic mass is 79.9. The predicted molar refractivity (Wildman–Crippen MR) is 73.6 cm³/mol. The van der Waals surface area contributed by atoms with Crippen LogP contribution >= 0.6 is 15.9 Å². The molecular weight excluding hydrogens is 298 g/mol. The van der Waals surface area contributed by atoms with Gasteiger partial charge in [-0.2, -0.15) is 4.98 Å². The molecule has 0 N–H and O–H groups in total. The molecule has 1 aliphatic rings. The molecule has 5 nitrogen and oxygen atoms in total. The molecule has 1 saturated heterocycles. The van der Waals surface area contributed by atoms with Crippen molar-refractivity contribution in [3.05, 3.63) is 12.3 Å². The van der Waals surface area contributed by atoms with E-state index in [9.17, 15) is 0 Å². The summed E-state index contributed by atoms with van der Waals surface area (Å²) in [5.74, 6) is 1.35. The summed E-state index contributed by atoms with van der Waals surface area (Å²) in [5, 5.41) is 0.895. The Kier molecular flexibility index (Phi) is 5.19. The smallest absolute Gasteiger partial charge is 0.228 e. The van der Waals surface area contributed by atoms with Crippen molar-refractivity contribution in [1.29, 1.82) is 0 Å². The number of anilines is 1. The van der Waals surface area contributed by atoms with Crippen LogP contribution in [0.1, 0.15) is 12.8 Å². The molecule has 0 aromatic carbocycles. The number of halogens is 1. The minimum absolute atomic E-state index is 0.365. The van der Waals surface area contributed by atoms with Gasteiger partial charge in [0.15, 0.2) is 0 Å². The van der Waals surface area contributed by atoms with E-state index in [0.29, 0.717) is 12.0 Å². The van der Waals surface area contributed by atoms with E-state index in [1.165, 1.54) is 0 Å². The highest BCUT2D eigenvalue weighted by Crippen LogP contribution is 2.19. The van der Waals surface area contributed by atoms with Crippen molar-refractivity contribution in [2.75, 3.05) is 37.0 Å². The molecule has 0 spiro atoms. The van der Waals surface area contributed by atoms with Crippen molar-refractivity contribution in [1.82, 2.24) is 9.97 Å². The maximum Gasteiger partial charge on any atom is 0.228 e. The number of methoxy groups -OCH3 is 1. The van der Waals surface area contributed by atoms with Gasteiger partial charge >= 0.3 is 0 Å². The molecule has 0 amide bonds. The molecular formula is C12H18BrN3O2. The SMILES string of the molecule is COc1ccnc(N2CCC(OCCBr)CC2)n1. The zero-order valence-corrected chi connectivity index (χ0v) is 12.1. The van der Waals surface area contributed by atoms with Crippen LogP contribution in [0.2, 0.25) is 0 Å². The van der Waals surface area contributed by atoms with Crippen LogP contribution < -0.4 is 9.64 Å². The lowest BCUT2D eigenvalue weighted by Gasteiger charge is -2.31. The van der Waals surface area contributed by atoms with Crippen molar-refractivity contribution in [3.8, 4) is 5.88 Å². The van der Waals surface area contributed by atoms with Crippen molar-refractivity contribution in [3.63, 3.8) is 0 Å². The molecule has 1 aromatic heterocycles. The number of alkyl halides is 1. The Morgan fingerprint density at radius 1 is 1.44 bits per heavy atom. The van der Waals surface area contributed by atoms with Crippen molar-refractivity contribution >= 4 is 21.9 Å². The van der Waals surface area contributed by atoms with Crippen LogP contribution in [0.5, 0.6) is 5.88 Å². The van der Waals surface area contributed by atoms with Crippen LogP contribution in [0.15, 0.2) is 12.3 Å². The Labute approximate surface area is 116 Å². The fourth-order valence-electron chi connectivity index (χ4n) is 2.03. The zero-order valence-electron chi connectivity index (χ0n) is 10.5. The van der Waals surface area contributed by atoms with Gasteiger partial charge in [-0.3, -0.25) is 0 Å². The number of piperidine rings is 1. The Balaban J connectivity index is 1.88. The van der Waals surface area contributed by atoms with Crippen LogP contribution in [-0.2, 0) is 4.74 Å². The monoisotopic (exact) mass is 315 g/mol. The van der Waals surface area contributed by atoms with Crippen molar-refractivity contribution in [2.24, 2.45) is 0 Å². The second-order valence-corrected chi connectivity index (χ2v) is 4.94. The first-order chi connectivity index (χ1) is 8.83. The van der Waals surface area contributed by atoms with Gasteiger partial charge in [0, 0.05) is 30.7 Å². The van der Waals surface area contributed by atoms with E-state index in [1.807, 2.05) is 0 Å². The van der Waals surface area contributed by atoms with Gasteiger partial charge < -0.3 is 14.4 Å². The first-order valence-electron chi connectivity index (χ1n) is 6.13. The molecule has 0 atom stereocenters. The molecule has 2 rings (SSSR count). The maximum atomic E-state index is 5.72. The van der Waals surface area contributed by atoms with E-state index in [2.05, 4.69) is 30.8 Å². The third kappa shape index (κ3) is 3.55. The topological polar surface area (TPSA) is 47.5 Å². The number of aromatic nitrogens is 2. The third-order valence-corrected chi connectivity index (χ3v) is 3.31. The van der Waals surface area contributed by atoms with E-state index < -0.39 is 0 Å². The van der Waals surface area contributed by atoms with Crippen LogP contribution in [0.25, 0.3) is 0 Å². The van der Waals surface area contributed by atoms with Crippen molar-refractivity contribution in [2.45, 2.75) is 18.9 Å². The van der Waals surface area contributed by atoms with Gasteiger partial charge in [-0.1, -0.05) is 15.9 Å². The lowest BCUT2D eigenvalue weighted by molar-refractivity contribution is 0.0479. The van der Waals surface area contributed by atoms with Crippen molar-refractivity contribution < 1.29 is 9.47 Å². The van der Waals surface area contributed by atoms with Gasteiger partial charge in [-0.25, -0.2) is 4.98 Å². The average Bonchev–Trinajstić information content (AvgIpc) is 2.46. The minimum atomic E-state index is 0.365. The van der Waals surface area contributed by atoms with Gasteiger partial charge in [-0.05, 0) is 12.8 Å². The Bertz CT molecular complexity index is 370. The van der Waals surface area contributed by atoms with Gasteiger partial charge in [0.1, 0.15) is 0 Å². The quantitative estimate of drug-likeness (QED) is 0.776. The summed E-state index contributed by atoms with van der Waals surface area (Å²) in [6.45, 7) is 2.64. The molecule has 1 aromatic rings. The zero-order chi connectivity index (χ0) is 12.8. The van der Waals surface area contributed by atoms with Gasteiger partial charge in [0.2, 0.25) is 11.8 Å². The molecule has 100 valence electrons. The molecule has 0 aliphatic carbocycles. The second kappa shape index (κ2) is 6.89. The summed E-state index contributed by atoms with van der Waals surface area (Å²) in [6.07, 6.45) is 4.14. The minimum Gasteiger partial charge on any atom is -0.481 e. The first kappa shape index (κ1) is 13.5. The number of hydrogen-bond donors (Lipinski definition) is 0. The second-order valence-electron chi connectivity index (χ2n) is 4.15. The summed E-state index contributed by atoms with van der Waals surface area (Å²) in [4.78, 5) is 10.8. The van der Waals surface area contributed by atoms with E-state index >= 15 is 0 Å². The predicted octanol–water partition coefficient (Wildman–Crippen LogP) is 1.87. The Morgan fingerprint density at radius 3 is 2.89 bits per heavy atom. The van der Waals surface area contributed by atoms with Gasteiger partial charge in [-0.15, -0.1) is 0 Å². The van der Waals surface area contributed by atoms with E-state index in [1.54, 1.807) is 19.4 Å². The molecule has 18 heavy (non-hydrogen) atoms. The summed E-state index contributed by atoms with van der Waals surface area (Å²) >= 11 is 3.37. The summed E-state index contributed by atoms with van der Waals surface area (Å²) in [5.41, 5.74) is 0. The summed E-state index contributed by atoms with van der Waals surface area (Å²) < 4.78 is 10.8. The Morgan fingerprint density at radius 2 is 2.22 bits per heavy atom. The summed E-state index contributed by atoms with van der Waals surface area (Å²) in [7, 11) is 1.62. The average molecular weight is 316 g/mol. The van der Waals surface area contributed by atoms with Crippen LogP contribution in [0, 0.1) is 0 Å². The molecule has 6 heteroatoms. The lowest BCUT2D eigenvalue weighted by Crippen LogP contribution is -2.38. The molecule has 1 aliphatic heterocycles. The van der Waals surface area contributed by atoms with Crippen LogP contribution in [-0.4, -0.2) is 48.2 Å². The van der Waals surface area contributed by atoms with E-state index in [-0.39, 0.29) is 0 Å². The highest BCUT2D eigenvalue weighted by molar-refractivity contribution is 9.09. The molecule has 0 saturated carbocycles. The molecule has 0 unspecified atom stereocenters. The van der Waals surface area contributed by atoms with E-state index in [4.69, 9.17) is 9.47 Å². The number of rotatable bonds is 5. The summed E-state index contributed by atoms with van der Waals surface area (Å²) in [6, 6.07) is 1.76. The fourth-order valence-corrected chi connectivity index (χ4v) is 2.22. The fraction of sp³-hybridized carbons (Fsp3) is 0.667. The first-order valence-corrected chi connectivity index (χ1v) is 7.25. The van der Waals surface area contributed by atoms with Crippen LogP contribution in [0.4, 0.5) is 5.95 Å². The van der Waals surface area contributed by atoms with Crippen LogP contribution in [0.3, 0.4) is 0 Å². The maximum absolute atomic E-state index is 5.72. The molecule has 0 radical (unpaired) electrons.